The maximum Gasteiger partial charge on any atom is 0.238 e. The van der Waals surface area contributed by atoms with Gasteiger partial charge in [0.15, 0.2) is 0 Å². The number of benzene rings is 1. The van der Waals surface area contributed by atoms with Gasteiger partial charge in [-0.05, 0) is 24.8 Å². The number of nitrogens with zero attached hydrogens (tertiary/aromatic N) is 2. The predicted octanol–water partition coefficient (Wildman–Crippen LogP) is 4.40. The lowest BCUT2D eigenvalue weighted by atomic mass is 10.0. The first-order chi connectivity index (χ1) is 9.77. The van der Waals surface area contributed by atoms with E-state index in [4.69, 9.17) is 0 Å². The van der Waals surface area contributed by atoms with Crippen LogP contribution in [0.25, 0.3) is 11.1 Å². The molecule has 1 N–H and O–H groups in total. The molecule has 20 heavy (non-hydrogen) atoms. The van der Waals surface area contributed by atoms with E-state index < -0.39 is 0 Å². The number of rotatable bonds is 7. The van der Waals surface area contributed by atoms with Gasteiger partial charge in [0.25, 0.3) is 0 Å². The van der Waals surface area contributed by atoms with E-state index in [1.807, 2.05) is 35.0 Å². The molecule has 0 aliphatic heterocycles. The normalized spacial score (nSPS) is 10.9. The molecule has 108 valence electrons. The van der Waals surface area contributed by atoms with Gasteiger partial charge < -0.3 is 5.11 Å². The summed E-state index contributed by atoms with van der Waals surface area (Å²) in [6, 6.07) is 10.1. The van der Waals surface area contributed by atoms with Crippen molar-refractivity contribution in [2.24, 2.45) is 0 Å². The van der Waals surface area contributed by atoms with Gasteiger partial charge in [-0.2, -0.15) is 0 Å². The molecule has 0 aliphatic carbocycles. The number of unbranched alkanes of at least 4 members (excludes halogenated alkanes) is 2. The molecule has 0 fully saturated rings. The van der Waals surface area contributed by atoms with Crippen LogP contribution in [0.3, 0.4) is 0 Å². The van der Waals surface area contributed by atoms with Crippen LogP contribution >= 0.6 is 0 Å². The zero-order chi connectivity index (χ0) is 14.4. The Morgan fingerprint density at radius 3 is 2.40 bits per heavy atom. The van der Waals surface area contributed by atoms with Crippen LogP contribution in [-0.4, -0.2) is 14.9 Å². The minimum atomic E-state index is 0.165. The van der Waals surface area contributed by atoms with E-state index in [1.165, 1.54) is 5.69 Å². The van der Waals surface area contributed by atoms with Crippen molar-refractivity contribution >= 4 is 0 Å². The minimum absolute atomic E-state index is 0.165. The number of aryl methyl sites for hydroxylation is 1. The average Bonchev–Trinajstić information content (AvgIpc) is 2.79. The van der Waals surface area contributed by atoms with E-state index in [1.54, 1.807) is 0 Å². The molecular weight excluding hydrogens is 248 g/mol. The first kappa shape index (κ1) is 14.6. The van der Waals surface area contributed by atoms with Crippen molar-refractivity contribution in [2.75, 3.05) is 0 Å². The molecular formula is C17H24N2O. The summed E-state index contributed by atoms with van der Waals surface area (Å²) >= 11 is 0. The molecule has 0 aliphatic rings. The quantitative estimate of drug-likeness (QED) is 0.811. The number of aromatic nitrogens is 2. The van der Waals surface area contributed by atoms with Crippen molar-refractivity contribution in [2.45, 2.75) is 52.5 Å². The van der Waals surface area contributed by atoms with Crippen molar-refractivity contribution in [1.82, 2.24) is 9.78 Å². The molecule has 0 radical (unpaired) electrons. The van der Waals surface area contributed by atoms with Crippen molar-refractivity contribution in [3.05, 3.63) is 36.0 Å². The summed E-state index contributed by atoms with van der Waals surface area (Å²) in [5.41, 5.74) is 3.14. The maximum atomic E-state index is 10.2. The van der Waals surface area contributed by atoms with Crippen LogP contribution in [0.1, 0.15) is 45.2 Å². The van der Waals surface area contributed by atoms with Crippen LogP contribution in [0.15, 0.2) is 30.3 Å². The molecule has 0 saturated heterocycles. The van der Waals surface area contributed by atoms with Crippen LogP contribution in [0.4, 0.5) is 0 Å². The van der Waals surface area contributed by atoms with Crippen LogP contribution in [0.5, 0.6) is 5.88 Å². The summed E-state index contributed by atoms with van der Waals surface area (Å²) in [4.78, 5) is 0. The zero-order valence-corrected chi connectivity index (χ0v) is 12.5. The largest absolute Gasteiger partial charge is 0.492 e. The van der Waals surface area contributed by atoms with Crippen LogP contribution in [0.2, 0.25) is 0 Å². The van der Waals surface area contributed by atoms with E-state index in [0.717, 1.165) is 49.8 Å². The monoisotopic (exact) mass is 272 g/mol. The summed E-state index contributed by atoms with van der Waals surface area (Å²) in [6.07, 6.45) is 5.46. The zero-order valence-electron chi connectivity index (χ0n) is 12.5. The second-order valence-corrected chi connectivity index (χ2v) is 5.19. The van der Waals surface area contributed by atoms with Crippen molar-refractivity contribution in [3.8, 4) is 17.0 Å². The molecule has 1 aromatic carbocycles. The van der Waals surface area contributed by atoms with Gasteiger partial charge in [-0.3, -0.25) is 4.68 Å². The summed E-state index contributed by atoms with van der Waals surface area (Å²) in [6.45, 7) is 5.25. The Morgan fingerprint density at radius 2 is 1.75 bits per heavy atom. The molecule has 2 aromatic rings. The smallest absolute Gasteiger partial charge is 0.238 e. The Morgan fingerprint density at radius 1 is 1.05 bits per heavy atom. The molecule has 0 amide bonds. The first-order valence-electron chi connectivity index (χ1n) is 7.62. The SMILES string of the molecule is CCCCc1c(-c2ccccc2)c(O)nn1CCCC. The lowest BCUT2D eigenvalue weighted by Gasteiger charge is -2.08. The van der Waals surface area contributed by atoms with Crippen molar-refractivity contribution in [1.29, 1.82) is 0 Å². The van der Waals surface area contributed by atoms with Gasteiger partial charge in [-0.25, -0.2) is 0 Å². The molecule has 0 bridgehead atoms. The highest BCUT2D eigenvalue weighted by Crippen LogP contribution is 2.33. The molecule has 1 heterocycles. The molecule has 3 heteroatoms. The van der Waals surface area contributed by atoms with E-state index in [-0.39, 0.29) is 5.88 Å². The fraction of sp³-hybridized carbons (Fsp3) is 0.471. The predicted molar refractivity (Wildman–Crippen MR) is 82.8 cm³/mol. The highest BCUT2D eigenvalue weighted by atomic mass is 16.3. The van der Waals surface area contributed by atoms with Crippen LogP contribution < -0.4 is 0 Å². The highest BCUT2D eigenvalue weighted by Gasteiger charge is 2.18. The summed E-state index contributed by atoms with van der Waals surface area (Å²) in [5.74, 6) is 0.165. The Labute approximate surface area is 121 Å². The van der Waals surface area contributed by atoms with Crippen molar-refractivity contribution < 1.29 is 5.11 Å². The van der Waals surface area contributed by atoms with Gasteiger partial charge in [0.05, 0.1) is 11.3 Å². The second kappa shape index (κ2) is 7.13. The fourth-order valence-corrected chi connectivity index (χ4v) is 2.47. The van der Waals surface area contributed by atoms with Gasteiger partial charge in [0.1, 0.15) is 0 Å². The molecule has 2 rings (SSSR count). The summed E-state index contributed by atoms with van der Waals surface area (Å²) < 4.78 is 2.00. The Kier molecular flexibility index (Phi) is 5.22. The van der Waals surface area contributed by atoms with E-state index in [2.05, 4.69) is 18.9 Å². The van der Waals surface area contributed by atoms with Crippen LogP contribution in [-0.2, 0) is 13.0 Å². The second-order valence-electron chi connectivity index (χ2n) is 5.19. The lowest BCUT2D eigenvalue weighted by Crippen LogP contribution is -2.05. The van der Waals surface area contributed by atoms with Crippen molar-refractivity contribution in [3.63, 3.8) is 0 Å². The maximum absolute atomic E-state index is 10.2. The molecule has 3 nitrogen and oxygen atoms in total. The minimum Gasteiger partial charge on any atom is -0.492 e. The molecule has 0 unspecified atom stereocenters. The summed E-state index contributed by atoms with van der Waals surface area (Å²) in [5, 5.41) is 14.6. The number of hydrogen-bond donors (Lipinski definition) is 1. The third-order valence-electron chi connectivity index (χ3n) is 3.59. The van der Waals surface area contributed by atoms with E-state index >= 15 is 0 Å². The third kappa shape index (κ3) is 3.21. The Hall–Kier alpha value is -1.77. The standard InChI is InChI=1S/C17H24N2O/c1-3-5-12-15-16(14-10-8-7-9-11-14)17(20)18-19(15)13-6-4-2/h7-11H,3-6,12-13H2,1-2H3,(H,18,20). The third-order valence-corrected chi connectivity index (χ3v) is 3.59. The number of aromatic hydroxyl groups is 1. The fourth-order valence-electron chi connectivity index (χ4n) is 2.47. The first-order valence-corrected chi connectivity index (χ1v) is 7.62. The van der Waals surface area contributed by atoms with Gasteiger partial charge in [-0.1, -0.05) is 57.0 Å². The molecule has 0 saturated carbocycles. The van der Waals surface area contributed by atoms with Gasteiger partial charge in [0.2, 0.25) is 5.88 Å². The number of hydrogen-bond acceptors (Lipinski definition) is 2. The lowest BCUT2D eigenvalue weighted by molar-refractivity contribution is 0.433. The topological polar surface area (TPSA) is 38.1 Å². The summed E-state index contributed by atoms with van der Waals surface area (Å²) in [7, 11) is 0. The molecule has 0 atom stereocenters. The Balaban J connectivity index is 2.40. The van der Waals surface area contributed by atoms with Gasteiger partial charge in [-0.15, -0.1) is 5.10 Å². The van der Waals surface area contributed by atoms with Gasteiger partial charge in [0, 0.05) is 6.54 Å². The van der Waals surface area contributed by atoms with E-state index in [9.17, 15) is 5.11 Å². The average molecular weight is 272 g/mol. The highest BCUT2D eigenvalue weighted by molar-refractivity contribution is 5.71. The molecule has 1 aromatic heterocycles. The van der Waals surface area contributed by atoms with E-state index in [0.29, 0.717) is 0 Å². The van der Waals surface area contributed by atoms with Gasteiger partial charge >= 0.3 is 0 Å². The molecule has 0 spiro atoms. The Bertz CT molecular complexity index is 531. The van der Waals surface area contributed by atoms with Crippen LogP contribution in [0, 0.1) is 0 Å².